The number of aryl methyl sites for hydroxylation is 1. The molecule has 1 aromatic heterocycles. The van der Waals surface area contributed by atoms with E-state index in [1.165, 1.54) is 16.2 Å². The van der Waals surface area contributed by atoms with Gasteiger partial charge in [0.2, 0.25) is 0 Å². The number of nitrogens with zero attached hydrogens (tertiary/aromatic N) is 2. The molecular formula is C30H22N2O4S. The molecule has 1 aliphatic heterocycles. The van der Waals surface area contributed by atoms with Crippen LogP contribution in [-0.4, -0.2) is 28.9 Å². The number of carbonyl (C=O) groups excluding carboxylic acids is 2. The van der Waals surface area contributed by atoms with Gasteiger partial charge < -0.3 is 9.84 Å². The molecule has 1 unspecified atom stereocenters. The van der Waals surface area contributed by atoms with Gasteiger partial charge in [0.05, 0.1) is 28.9 Å². The van der Waals surface area contributed by atoms with Crippen molar-refractivity contribution in [3.05, 3.63) is 107 Å². The normalized spacial score (nSPS) is 17.1. The van der Waals surface area contributed by atoms with Gasteiger partial charge in [0, 0.05) is 5.56 Å². The zero-order valence-corrected chi connectivity index (χ0v) is 21.0. The van der Waals surface area contributed by atoms with Crippen LogP contribution in [0.4, 0.5) is 5.13 Å². The second-order valence-corrected chi connectivity index (χ2v) is 9.95. The van der Waals surface area contributed by atoms with E-state index in [0.29, 0.717) is 22.0 Å². The van der Waals surface area contributed by atoms with Gasteiger partial charge >= 0.3 is 5.91 Å². The highest BCUT2D eigenvalue weighted by Crippen LogP contribution is 2.45. The van der Waals surface area contributed by atoms with Crippen LogP contribution in [-0.2, 0) is 9.59 Å². The Morgan fingerprint density at radius 3 is 2.57 bits per heavy atom. The Hall–Kier alpha value is -4.49. The number of methoxy groups -OCH3 is 1. The summed E-state index contributed by atoms with van der Waals surface area (Å²) >= 11 is 1.30. The quantitative estimate of drug-likeness (QED) is 0.174. The number of hydrogen-bond donors (Lipinski definition) is 1. The third-order valence-electron chi connectivity index (χ3n) is 6.64. The van der Waals surface area contributed by atoms with Gasteiger partial charge in [-0.05, 0) is 41.5 Å². The molecular weight excluding hydrogens is 484 g/mol. The summed E-state index contributed by atoms with van der Waals surface area (Å²) in [6.45, 7) is 1.95. The van der Waals surface area contributed by atoms with Crippen molar-refractivity contribution in [2.75, 3.05) is 12.0 Å². The minimum Gasteiger partial charge on any atom is -0.507 e. The number of thiazole rings is 1. The van der Waals surface area contributed by atoms with Gasteiger partial charge in [-0.1, -0.05) is 83.6 Å². The fourth-order valence-corrected chi connectivity index (χ4v) is 5.91. The Morgan fingerprint density at radius 1 is 0.973 bits per heavy atom. The van der Waals surface area contributed by atoms with Crippen LogP contribution in [0.5, 0.6) is 5.75 Å². The van der Waals surface area contributed by atoms with Crippen LogP contribution >= 0.6 is 11.3 Å². The second-order valence-electron chi connectivity index (χ2n) is 8.94. The van der Waals surface area contributed by atoms with Crippen LogP contribution in [0.1, 0.15) is 22.7 Å². The lowest BCUT2D eigenvalue weighted by molar-refractivity contribution is -0.132. The van der Waals surface area contributed by atoms with Crippen molar-refractivity contribution in [2.45, 2.75) is 13.0 Å². The minimum absolute atomic E-state index is 0.0452. The molecule has 4 aromatic carbocycles. The van der Waals surface area contributed by atoms with E-state index < -0.39 is 17.7 Å². The zero-order chi connectivity index (χ0) is 25.7. The summed E-state index contributed by atoms with van der Waals surface area (Å²) < 4.78 is 6.16. The molecule has 1 fully saturated rings. The second kappa shape index (κ2) is 8.87. The number of Topliss-reactive ketones (excluding diaryl/α,β-unsaturated/α-hetero) is 1. The number of ether oxygens (including phenoxy) is 1. The smallest absolute Gasteiger partial charge is 0.301 e. The summed E-state index contributed by atoms with van der Waals surface area (Å²) in [6, 6.07) is 25.4. The van der Waals surface area contributed by atoms with Crippen molar-refractivity contribution in [1.29, 1.82) is 0 Å². The lowest BCUT2D eigenvalue weighted by Gasteiger charge is -2.23. The Morgan fingerprint density at radius 2 is 1.76 bits per heavy atom. The molecule has 5 aromatic rings. The van der Waals surface area contributed by atoms with Gasteiger partial charge in [0.1, 0.15) is 11.5 Å². The molecule has 7 heteroatoms. The van der Waals surface area contributed by atoms with Crippen LogP contribution in [0.3, 0.4) is 0 Å². The fourth-order valence-electron chi connectivity index (χ4n) is 4.89. The Kier molecular flexibility index (Phi) is 5.50. The van der Waals surface area contributed by atoms with Crippen molar-refractivity contribution >= 4 is 54.9 Å². The van der Waals surface area contributed by atoms with Crippen LogP contribution in [0.15, 0.2) is 90.5 Å². The molecule has 0 spiro atoms. The first kappa shape index (κ1) is 22.9. The van der Waals surface area contributed by atoms with E-state index in [-0.39, 0.29) is 11.3 Å². The van der Waals surface area contributed by atoms with E-state index in [4.69, 9.17) is 4.74 Å². The van der Waals surface area contributed by atoms with Crippen molar-refractivity contribution in [1.82, 2.24) is 4.98 Å². The molecule has 6 nitrogen and oxygen atoms in total. The molecule has 2 heterocycles. The number of aliphatic hydroxyl groups is 1. The van der Waals surface area contributed by atoms with Gasteiger partial charge in [-0.15, -0.1) is 0 Å². The van der Waals surface area contributed by atoms with Crippen LogP contribution in [0, 0.1) is 6.92 Å². The summed E-state index contributed by atoms with van der Waals surface area (Å²) in [7, 11) is 1.59. The van der Waals surface area contributed by atoms with Crippen molar-refractivity contribution in [3.63, 3.8) is 0 Å². The molecule has 1 amide bonds. The first-order valence-corrected chi connectivity index (χ1v) is 12.6. The molecule has 182 valence electrons. The largest absolute Gasteiger partial charge is 0.507 e. The van der Waals surface area contributed by atoms with Crippen molar-refractivity contribution < 1.29 is 19.4 Å². The van der Waals surface area contributed by atoms with E-state index in [1.807, 2.05) is 79.7 Å². The van der Waals surface area contributed by atoms with Gasteiger partial charge in [0.25, 0.3) is 5.78 Å². The number of rotatable bonds is 4. The van der Waals surface area contributed by atoms with Crippen LogP contribution in [0.25, 0.3) is 26.7 Å². The third kappa shape index (κ3) is 3.75. The van der Waals surface area contributed by atoms with Gasteiger partial charge in [0.15, 0.2) is 5.13 Å². The number of ketones is 1. The molecule has 1 saturated heterocycles. The number of anilines is 1. The highest BCUT2D eigenvalue weighted by molar-refractivity contribution is 7.22. The minimum atomic E-state index is -0.832. The lowest BCUT2D eigenvalue weighted by Crippen LogP contribution is -2.29. The predicted molar refractivity (Wildman–Crippen MR) is 146 cm³/mol. The van der Waals surface area contributed by atoms with E-state index in [0.717, 1.165) is 26.6 Å². The predicted octanol–water partition coefficient (Wildman–Crippen LogP) is 6.39. The third-order valence-corrected chi connectivity index (χ3v) is 7.65. The zero-order valence-electron chi connectivity index (χ0n) is 20.1. The number of fused-ring (bicyclic) bond motifs is 2. The van der Waals surface area contributed by atoms with Crippen molar-refractivity contribution in [2.24, 2.45) is 0 Å². The average Bonchev–Trinajstić information content (AvgIpc) is 3.45. The number of amides is 1. The van der Waals surface area contributed by atoms with E-state index in [9.17, 15) is 14.7 Å². The van der Waals surface area contributed by atoms with Gasteiger partial charge in [-0.3, -0.25) is 14.5 Å². The molecule has 0 bridgehead atoms. The number of aliphatic hydroxyl groups excluding tert-OH is 1. The Bertz CT molecular complexity index is 1750. The molecule has 1 N–H and O–H groups in total. The van der Waals surface area contributed by atoms with Gasteiger partial charge in [-0.2, -0.15) is 0 Å². The summed E-state index contributed by atoms with van der Waals surface area (Å²) in [5, 5.41) is 13.7. The maximum absolute atomic E-state index is 13.6. The molecule has 1 aliphatic rings. The fraction of sp³-hybridized carbons (Fsp3) is 0.100. The summed E-state index contributed by atoms with van der Waals surface area (Å²) in [6.07, 6.45) is 0. The summed E-state index contributed by atoms with van der Waals surface area (Å²) in [5.74, 6) is -0.990. The SMILES string of the molecule is COc1ccc2nc(N3C(=O)C(=O)/C(=C(/O)c4cccc5ccccc45)C3c3cccc(C)c3)sc2c1. The Balaban J connectivity index is 1.60. The van der Waals surface area contributed by atoms with E-state index in [1.54, 1.807) is 19.2 Å². The first-order chi connectivity index (χ1) is 18.0. The standard InChI is InChI=1S/C30H22N2O4S/c1-17-7-5-10-19(15-17)26-25(27(33)22-12-6-9-18-8-3-4-11-21(18)22)28(34)29(35)32(26)30-31-23-14-13-20(36-2)16-24(23)37-30/h3-16,26,33H,1-2H3/b27-25+. The molecule has 6 rings (SSSR count). The highest BCUT2D eigenvalue weighted by atomic mass is 32.1. The maximum atomic E-state index is 13.6. The highest BCUT2D eigenvalue weighted by Gasteiger charge is 2.48. The summed E-state index contributed by atoms with van der Waals surface area (Å²) in [5.41, 5.74) is 2.94. The number of benzene rings is 4. The molecule has 0 saturated carbocycles. The Labute approximate surface area is 217 Å². The average molecular weight is 507 g/mol. The topological polar surface area (TPSA) is 79.7 Å². The van der Waals surface area contributed by atoms with Gasteiger partial charge in [-0.25, -0.2) is 4.98 Å². The maximum Gasteiger partial charge on any atom is 0.301 e. The number of carbonyl (C=O) groups is 2. The lowest BCUT2D eigenvalue weighted by atomic mass is 9.93. The van der Waals surface area contributed by atoms with Crippen LogP contribution < -0.4 is 9.64 Å². The monoisotopic (exact) mass is 506 g/mol. The molecule has 1 atom stereocenters. The van der Waals surface area contributed by atoms with E-state index >= 15 is 0 Å². The van der Waals surface area contributed by atoms with Crippen molar-refractivity contribution in [3.8, 4) is 5.75 Å². The van der Waals surface area contributed by atoms with Crippen LogP contribution in [0.2, 0.25) is 0 Å². The number of hydrogen-bond acceptors (Lipinski definition) is 6. The molecule has 0 aliphatic carbocycles. The number of aromatic nitrogens is 1. The molecule has 37 heavy (non-hydrogen) atoms. The first-order valence-electron chi connectivity index (χ1n) is 11.8. The summed E-state index contributed by atoms with van der Waals surface area (Å²) in [4.78, 5) is 33.2. The van der Waals surface area contributed by atoms with E-state index in [2.05, 4.69) is 4.98 Å². The molecule has 0 radical (unpaired) electrons.